The van der Waals surface area contributed by atoms with Crippen LogP contribution >= 0.6 is 11.6 Å². The number of carbonyl (C=O) groups excluding carboxylic acids is 1. The first-order valence-corrected chi connectivity index (χ1v) is 5.81. The molecule has 5 nitrogen and oxygen atoms in total. The Morgan fingerprint density at radius 1 is 1.26 bits per heavy atom. The average molecular weight is 276 g/mol. The van der Waals surface area contributed by atoms with Gasteiger partial charge in [0.1, 0.15) is 12.3 Å². The van der Waals surface area contributed by atoms with Crippen LogP contribution in [-0.4, -0.2) is 28.3 Å². The fourth-order valence-corrected chi connectivity index (χ4v) is 1.46. The predicted molar refractivity (Wildman–Crippen MR) is 70.6 cm³/mol. The lowest BCUT2D eigenvalue weighted by Gasteiger charge is -2.05. The smallest absolute Gasteiger partial charge is 0.338 e. The molecule has 96 valence electrons. The number of halogens is 1. The molecule has 6 heteroatoms. The van der Waals surface area contributed by atoms with E-state index in [-0.39, 0.29) is 12.3 Å². The number of nitrogens with one attached hydrogen (secondary N) is 1. The van der Waals surface area contributed by atoms with Crippen molar-refractivity contribution >= 4 is 23.3 Å². The van der Waals surface area contributed by atoms with Crippen LogP contribution in [0.15, 0.2) is 42.9 Å². The van der Waals surface area contributed by atoms with E-state index in [9.17, 15) is 4.79 Å². The SMILES string of the molecule is N=C(COC(=O)c1ccc(Cl)cc1)c1cnccn1. The number of hydrogen-bond acceptors (Lipinski definition) is 5. The maximum Gasteiger partial charge on any atom is 0.338 e. The minimum atomic E-state index is -0.509. The van der Waals surface area contributed by atoms with Gasteiger partial charge in [0.15, 0.2) is 0 Å². The minimum absolute atomic E-state index is 0.0930. The molecule has 2 rings (SSSR count). The van der Waals surface area contributed by atoms with E-state index in [1.165, 1.54) is 18.6 Å². The third kappa shape index (κ3) is 3.59. The molecule has 19 heavy (non-hydrogen) atoms. The van der Waals surface area contributed by atoms with Gasteiger partial charge < -0.3 is 4.74 Å². The summed E-state index contributed by atoms with van der Waals surface area (Å²) in [5.74, 6) is -0.509. The number of nitrogens with zero attached hydrogens (tertiary/aromatic N) is 2. The zero-order valence-corrected chi connectivity index (χ0v) is 10.6. The molecular formula is C13H10ClN3O2. The highest BCUT2D eigenvalue weighted by Gasteiger charge is 2.10. The number of carbonyl (C=O) groups is 1. The summed E-state index contributed by atoms with van der Waals surface area (Å²) in [4.78, 5) is 19.5. The van der Waals surface area contributed by atoms with Crippen molar-refractivity contribution < 1.29 is 9.53 Å². The Morgan fingerprint density at radius 2 is 2.00 bits per heavy atom. The lowest BCUT2D eigenvalue weighted by atomic mass is 10.2. The highest BCUT2D eigenvalue weighted by atomic mass is 35.5. The van der Waals surface area contributed by atoms with Gasteiger partial charge >= 0.3 is 5.97 Å². The van der Waals surface area contributed by atoms with Gasteiger partial charge in [0.05, 0.1) is 17.5 Å². The van der Waals surface area contributed by atoms with E-state index < -0.39 is 5.97 Å². The number of hydrogen-bond donors (Lipinski definition) is 1. The lowest BCUT2D eigenvalue weighted by molar-refractivity contribution is 0.0563. The first-order valence-electron chi connectivity index (χ1n) is 5.43. The van der Waals surface area contributed by atoms with Crippen LogP contribution in [0, 0.1) is 5.41 Å². The molecule has 0 saturated heterocycles. The van der Waals surface area contributed by atoms with E-state index in [0.717, 1.165) is 0 Å². The number of benzene rings is 1. The molecule has 0 bridgehead atoms. The Balaban J connectivity index is 1.94. The van der Waals surface area contributed by atoms with Crippen molar-refractivity contribution in [2.45, 2.75) is 0 Å². The second-order valence-corrected chi connectivity index (χ2v) is 4.09. The van der Waals surface area contributed by atoms with Crippen LogP contribution in [0.3, 0.4) is 0 Å². The molecule has 0 aliphatic rings. The Hall–Kier alpha value is -2.27. The summed E-state index contributed by atoms with van der Waals surface area (Å²) in [5, 5.41) is 8.26. The summed E-state index contributed by atoms with van der Waals surface area (Å²) in [6.07, 6.45) is 4.43. The van der Waals surface area contributed by atoms with E-state index in [0.29, 0.717) is 16.3 Å². The standard InChI is InChI=1S/C13H10ClN3O2/c14-10-3-1-9(2-4-10)13(18)19-8-11(15)12-7-16-5-6-17-12/h1-7,15H,8H2. The van der Waals surface area contributed by atoms with Gasteiger partial charge in [-0.15, -0.1) is 0 Å². The van der Waals surface area contributed by atoms with E-state index >= 15 is 0 Å². The molecule has 0 atom stereocenters. The molecule has 1 aromatic carbocycles. The highest BCUT2D eigenvalue weighted by Crippen LogP contribution is 2.10. The summed E-state index contributed by atoms with van der Waals surface area (Å²) < 4.78 is 5.01. The van der Waals surface area contributed by atoms with E-state index in [1.54, 1.807) is 24.3 Å². The van der Waals surface area contributed by atoms with Crippen molar-refractivity contribution in [3.63, 3.8) is 0 Å². The van der Waals surface area contributed by atoms with E-state index in [1.807, 2.05) is 0 Å². The Kier molecular flexibility index (Phi) is 4.20. The largest absolute Gasteiger partial charge is 0.456 e. The Bertz CT molecular complexity index is 585. The van der Waals surface area contributed by atoms with Gasteiger partial charge in [-0.05, 0) is 24.3 Å². The summed E-state index contributed by atoms with van der Waals surface area (Å²) in [6.45, 7) is -0.153. The van der Waals surface area contributed by atoms with Gasteiger partial charge in [0, 0.05) is 17.4 Å². The maximum absolute atomic E-state index is 11.7. The summed E-state index contributed by atoms with van der Waals surface area (Å²) in [6, 6.07) is 6.34. The van der Waals surface area contributed by atoms with Crippen molar-refractivity contribution in [1.29, 1.82) is 5.41 Å². The monoisotopic (exact) mass is 275 g/mol. The third-order valence-electron chi connectivity index (χ3n) is 2.30. The zero-order chi connectivity index (χ0) is 13.7. The fourth-order valence-electron chi connectivity index (χ4n) is 1.34. The number of ether oxygens (including phenoxy) is 1. The van der Waals surface area contributed by atoms with Crippen molar-refractivity contribution in [2.24, 2.45) is 0 Å². The molecule has 0 spiro atoms. The van der Waals surface area contributed by atoms with Crippen LogP contribution in [0.1, 0.15) is 16.1 Å². The average Bonchev–Trinajstić information content (AvgIpc) is 2.46. The fraction of sp³-hybridized carbons (Fsp3) is 0.0769. The van der Waals surface area contributed by atoms with Crippen molar-refractivity contribution in [3.05, 3.63) is 59.1 Å². The summed E-state index contributed by atoms with van der Waals surface area (Å²) >= 11 is 5.72. The quantitative estimate of drug-likeness (QED) is 0.686. The van der Waals surface area contributed by atoms with Gasteiger partial charge in [0.25, 0.3) is 0 Å². The van der Waals surface area contributed by atoms with Gasteiger partial charge in [-0.1, -0.05) is 11.6 Å². The topological polar surface area (TPSA) is 75.9 Å². The van der Waals surface area contributed by atoms with Crippen LogP contribution in [0.5, 0.6) is 0 Å². The molecule has 1 heterocycles. The van der Waals surface area contributed by atoms with Gasteiger partial charge in [-0.25, -0.2) is 4.79 Å². The third-order valence-corrected chi connectivity index (χ3v) is 2.55. The first-order chi connectivity index (χ1) is 9.16. The molecule has 1 N–H and O–H groups in total. The molecule has 0 aliphatic carbocycles. The Morgan fingerprint density at radius 3 is 2.63 bits per heavy atom. The van der Waals surface area contributed by atoms with Crippen molar-refractivity contribution in [3.8, 4) is 0 Å². The van der Waals surface area contributed by atoms with Gasteiger partial charge in [0.2, 0.25) is 0 Å². The first kappa shape index (κ1) is 13.2. The second kappa shape index (κ2) is 6.06. The highest BCUT2D eigenvalue weighted by molar-refractivity contribution is 6.30. The van der Waals surface area contributed by atoms with Crippen molar-refractivity contribution in [2.75, 3.05) is 6.61 Å². The van der Waals surface area contributed by atoms with Crippen LogP contribution in [0.25, 0.3) is 0 Å². The number of rotatable bonds is 4. The molecule has 0 amide bonds. The van der Waals surface area contributed by atoms with E-state index in [4.69, 9.17) is 21.7 Å². The minimum Gasteiger partial charge on any atom is -0.456 e. The zero-order valence-electron chi connectivity index (χ0n) is 9.84. The van der Waals surface area contributed by atoms with Gasteiger partial charge in [-0.2, -0.15) is 0 Å². The molecule has 0 unspecified atom stereocenters. The van der Waals surface area contributed by atoms with Crippen LogP contribution in [0.4, 0.5) is 0 Å². The molecule has 2 aromatic rings. The van der Waals surface area contributed by atoms with Crippen molar-refractivity contribution in [1.82, 2.24) is 9.97 Å². The van der Waals surface area contributed by atoms with Crippen LogP contribution in [0.2, 0.25) is 5.02 Å². The van der Waals surface area contributed by atoms with Crippen LogP contribution < -0.4 is 0 Å². The lowest BCUT2D eigenvalue weighted by Crippen LogP contribution is -2.15. The number of aromatic nitrogens is 2. The molecule has 1 aromatic heterocycles. The molecule has 0 radical (unpaired) electrons. The molecule has 0 fully saturated rings. The van der Waals surface area contributed by atoms with Gasteiger partial charge in [-0.3, -0.25) is 15.4 Å². The predicted octanol–water partition coefficient (Wildman–Crippen LogP) is 2.35. The Labute approximate surface area is 114 Å². The molecular weight excluding hydrogens is 266 g/mol. The second-order valence-electron chi connectivity index (χ2n) is 3.65. The number of esters is 1. The summed E-state index contributed by atoms with van der Waals surface area (Å²) in [5.41, 5.74) is 0.859. The molecule has 0 saturated carbocycles. The maximum atomic E-state index is 11.7. The molecule has 0 aliphatic heterocycles. The normalized spacial score (nSPS) is 9.95. The summed E-state index contributed by atoms with van der Waals surface area (Å²) in [7, 11) is 0. The van der Waals surface area contributed by atoms with E-state index in [2.05, 4.69) is 9.97 Å². The van der Waals surface area contributed by atoms with Crippen LogP contribution in [-0.2, 0) is 4.74 Å².